The number of amides is 1. The first kappa shape index (κ1) is 30.1. The van der Waals surface area contributed by atoms with Crippen molar-refractivity contribution in [2.75, 3.05) is 44.3 Å². The molecule has 0 unspecified atom stereocenters. The van der Waals surface area contributed by atoms with Gasteiger partial charge in [-0.1, -0.05) is 61.4 Å². The molecule has 1 aliphatic carbocycles. The number of ether oxygens (including phenoxy) is 1. The Labute approximate surface area is 233 Å². The van der Waals surface area contributed by atoms with E-state index >= 15 is 0 Å². The molecule has 39 heavy (non-hydrogen) atoms. The van der Waals surface area contributed by atoms with Crippen LogP contribution >= 0.6 is 0 Å². The van der Waals surface area contributed by atoms with E-state index in [-0.39, 0.29) is 6.41 Å². The van der Waals surface area contributed by atoms with E-state index in [0.29, 0.717) is 11.9 Å². The van der Waals surface area contributed by atoms with E-state index in [1.807, 2.05) is 25.1 Å². The number of carbonyl (C=O) groups excluding carboxylic acids is 1. The zero-order chi connectivity index (χ0) is 27.9. The minimum Gasteiger partial charge on any atom is -0.383 e. The lowest BCUT2D eigenvalue weighted by atomic mass is 10.1. The summed E-state index contributed by atoms with van der Waals surface area (Å²) in [7, 11) is 2.18. The van der Waals surface area contributed by atoms with Crippen LogP contribution in [0.4, 0.5) is 17.3 Å². The highest BCUT2D eigenvalue weighted by atomic mass is 16.5. The first-order chi connectivity index (χ1) is 19.0. The van der Waals surface area contributed by atoms with E-state index in [0.717, 1.165) is 56.4 Å². The molecule has 0 radical (unpaired) electrons. The van der Waals surface area contributed by atoms with Crippen LogP contribution in [0.3, 0.4) is 0 Å². The molecule has 0 bridgehead atoms. The van der Waals surface area contributed by atoms with Crippen molar-refractivity contribution in [3.8, 4) is 0 Å². The maximum Gasteiger partial charge on any atom is 0.204 e. The zero-order valence-electron chi connectivity index (χ0n) is 23.4. The van der Waals surface area contributed by atoms with Crippen LogP contribution < -0.4 is 16.8 Å². The van der Waals surface area contributed by atoms with Crippen molar-refractivity contribution < 1.29 is 9.53 Å². The number of benzene rings is 2. The number of aromatic nitrogens is 1. The number of hydrogen-bond acceptors (Lipinski definition) is 7. The number of anilines is 3. The Bertz CT molecular complexity index is 1100. The molecule has 1 aliphatic heterocycles. The summed E-state index contributed by atoms with van der Waals surface area (Å²) < 4.78 is 5.79. The Hall–Kier alpha value is -3.46. The van der Waals surface area contributed by atoms with Crippen molar-refractivity contribution >= 4 is 23.7 Å². The number of nitrogens with one attached hydrogen (secondary N) is 1. The van der Waals surface area contributed by atoms with Crippen LogP contribution in [0.25, 0.3) is 0 Å². The number of nitrogens with two attached hydrogens (primary N) is 2. The summed E-state index contributed by atoms with van der Waals surface area (Å²) in [5.41, 5.74) is 14.7. The van der Waals surface area contributed by atoms with Crippen molar-refractivity contribution in [1.29, 1.82) is 0 Å². The van der Waals surface area contributed by atoms with Gasteiger partial charge >= 0.3 is 0 Å². The largest absolute Gasteiger partial charge is 0.383 e. The van der Waals surface area contributed by atoms with Crippen molar-refractivity contribution in [3.05, 3.63) is 83.4 Å². The molecular weight excluding hydrogens is 488 g/mol. The average Bonchev–Trinajstić information content (AvgIpc) is 3.47. The summed E-state index contributed by atoms with van der Waals surface area (Å²) in [6.07, 6.45) is 5.98. The van der Waals surface area contributed by atoms with E-state index in [1.165, 1.54) is 36.8 Å². The molecule has 2 fully saturated rings. The second kappa shape index (κ2) is 16.5. The third kappa shape index (κ3) is 11.0. The average molecular weight is 533 g/mol. The number of pyridine rings is 1. The molecule has 2 aliphatic rings. The minimum absolute atomic E-state index is 0.250. The molecule has 3 aromatic rings. The fourth-order valence-electron chi connectivity index (χ4n) is 4.56. The fourth-order valence-corrected chi connectivity index (χ4v) is 4.56. The van der Waals surface area contributed by atoms with Crippen LogP contribution in [-0.4, -0.2) is 60.5 Å². The lowest BCUT2D eigenvalue weighted by Crippen LogP contribution is -2.43. The van der Waals surface area contributed by atoms with Crippen molar-refractivity contribution in [3.63, 3.8) is 0 Å². The van der Waals surface area contributed by atoms with Gasteiger partial charge in [-0.25, -0.2) is 4.98 Å². The Morgan fingerprint density at radius 1 is 0.949 bits per heavy atom. The molecule has 0 atom stereocenters. The summed E-state index contributed by atoms with van der Waals surface area (Å²) >= 11 is 0. The summed E-state index contributed by atoms with van der Waals surface area (Å²) in [4.78, 5) is 17.8. The predicted octanol–water partition coefficient (Wildman–Crippen LogP) is 4.71. The smallest absolute Gasteiger partial charge is 0.204 e. The number of primary amides is 1. The first-order valence-corrected chi connectivity index (χ1v) is 13.8. The van der Waals surface area contributed by atoms with Gasteiger partial charge in [-0.15, -0.1) is 0 Å². The summed E-state index contributed by atoms with van der Waals surface area (Å²) in [6, 6.07) is 22.9. The molecule has 5 N–H and O–H groups in total. The Balaban J connectivity index is 0.000000221. The number of carbonyl (C=O) groups is 1. The van der Waals surface area contributed by atoms with Gasteiger partial charge in [0.1, 0.15) is 11.6 Å². The van der Waals surface area contributed by atoms with Crippen LogP contribution in [0.1, 0.15) is 42.4 Å². The number of hydrogen-bond donors (Lipinski definition) is 3. The third-order valence-electron chi connectivity index (χ3n) is 7.00. The van der Waals surface area contributed by atoms with Gasteiger partial charge in [-0.2, -0.15) is 0 Å². The third-order valence-corrected chi connectivity index (χ3v) is 7.00. The molecule has 8 nitrogen and oxygen atoms in total. The monoisotopic (exact) mass is 532 g/mol. The molecule has 5 rings (SSSR count). The summed E-state index contributed by atoms with van der Waals surface area (Å²) in [6.45, 7) is 8.35. The lowest BCUT2D eigenvalue weighted by molar-refractivity contribution is -0.106. The topological polar surface area (TPSA) is 110 Å². The molecule has 8 heteroatoms. The molecule has 1 saturated carbocycles. The van der Waals surface area contributed by atoms with Gasteiger partial charge in [0.05, 0.1) is 12.7 Å². The Kier molecular flexibility index (Phi) is 12.7. The normalized spacial score (nSPS) is 15.9. The molecule has 2 heterocycles. The second-order valence-corrected chi connectivity index (χ2v) is 10.1. The van der Waals surface area contributed by atoms with E-state index < -0.39 is 0 Å². The van der Waals surface area contributed by atoms with Gasteiger partial charge in [-0.05, 0) is 61.7 Å². The number of rotatable bonds is 7. The molecule has 1 aromatic heterocycles. The van der Waals surface area contributed by atoms with Crippen LogP contribution in [0.5, 0.6) is 0 Å². The van der Waals surface area contributed by atoms with Crippen LogP contribution in [0, 0.1) is 6.92 Å². The number of nitrogens with zero attached hydrogens (tertiary/aromatic N) is 3. The first-order valence-electron chi connectivity index (χ1n) is 13.8. The van der Waals surface area contributed by atoms with E-state index in [1.54, 1.807) is 0 Å². The molecule has 2 aromatic carbocycles. The van der Waals surface area contributed by atoms with Crippen molar-refractivity contribution in [1.82, 2.24) is 14.8 Å². The van der Waals surface area contributed by atoms with Gasteiger partial charge in [-0.3, -0.25) is 9.69 Å². The Morgan fingerprint density at radius 3 is 2.21 bits per heavy atom. The number of nitrogen functional groups attached to an aromatic ring is 1. The minimum atomic E-state index is 0.250. The maximum absolute atomic E-state index is 8.58. The predicted molar refractivity (Wildman–Crippen MR) is 160 cm³/mol. The van der Waals surface area contributed by atoms with Gasteiger partial charge in [0.25, 0.3) is 0 Å². The van der Waals surface area contributed by atoms with E-state index in [9.17, 15) is 0 Å². The van der Waals surface area contributed by atoms with Crippen LogP contribution in [0.2, 0.25) is 0 Å². The van der Waals surface area contributed by atoms with Gasteiger partial charge in [0.15, 0.2) is 0 Å². The SMILES string of the molecule is Cc1ccc(Nc2ccc(CN3CCN(C)CC3)cc2)nc1N.NC=O.c1ccc(COC2CCCC2)cc1. The van der Waals surface area contributed by atoms with Gasteiger partial charge in [0, 0.05) is 38.4 Å². The highest BCUT2D eigenvalue weighted by molar-refractivity contribution is 5.59. The van der Waals surface area contributed by atoms with Crippen molar-refractivity contribution in [2.45, 2.75) is 51.9 Å². The highest BCUT2D eigenvalue weighted by Gasteiger charge is 2.15. The van der Waals surface area contributed by atoms with Crippen molar-refractivity contribution in [2.24, 2.45) is 5.73 Å². The van der Waals surface area contributed by atoms with Crippen LogP contribution in [-0.2, 0) is 22.7 Å². The second-order valence-electron chi connectivity index (χ2n) is 10.1. The van der Waals surface area contributed by atoms with Crippen LogP contribution in [0.15, 0.2) is 66.7 Å². The molecule has 210 valence electrons. The quantitative estimate of drug-likeness (QED) is 0.378. The van der Waals surface area contributed by atoms with E-state index in [2.05, 4.69) is 81.4 Å². The summed E-state index contributed by atoms with van der Waals surface area (Å²) in [5, 5.41) is 3.30. The molecular formula is C31H44N6O2. The van der Waals surface area contributed by atoms with Gasteiger partial charge < -0.3 is 26.4 Å². The Morgan fingerprint density at radius 2 is 1.59 bits per heavy atom. The maximum atomic E-state index is 8.58. The van der Waals surface area contributed by atoms with Gasteiger partial charge in [0.2, 0.25) is 6.41 Å². The number of likely N-dealkylation sites (N-methyl/N-ethyl adjacent to an activating group) is 1. The zero-order valence-corrected chi connectivity index (χ0v) is 23.4. The fraction of sp³-hybridized carbons (Fsp3) is 0.419. The molecule has 1 saturated heterocycles. The lowest BCUT2D eigenvalue weighted by Gasteiger charge is -2.32. The molecule has 1 amide bonds. The molecule has 0 spiro atoms. The number of aryl methyl sites for hydroxylation is 1. The summed E-state index contributed by atoms with van der Waals surface area (Å²) in [5.74, 6) is 1.35. The standard InChI is InChI=1S/C18H25N5.C12H16O.CH3NO/c1-14-3-8-17(21-18(14)19)20-16-6-4-15(5-7-16)13-23-11-9-22(2)10-12-23;1-2-6-11(7-3-1)10-13-12-8-4-5-9-12;2-1-3/h3-8H,9-13H2,1-2H3,(H3,19,20,21);1-3,6-7,12H,4-5,8-10H2;1H,(H2,2,3). The number of piperazine rings is 1. The van der Waals surface area contributed by atoms with E-state index in [4.69, 9.17) is 15.3 Å². The highest BCUT2D eigenvalue weighted by Crippen LogP contribution is 2.22.